The van der Waals surface area contributed by atoms with Gasteiger partial charge in [0.05, 0.1) is 46.9 Å². The average Bonchev–Trinajstić information content (AvgIpc) is 3.89. The van der Waals surface area contributed by atoms with E-state index < -0.39 is 46.8 Å². The number of phenols is 1. The minimum atomic E-state index is -1.32. The van der Waals surface area contributed by atoms with Gasteiger partial charge in [0.1, 0.15) is 17.3 Å². The van der Waals surface area contributed by atoms with Crippen LogP contribution >= 0.6 is 34.5 Å². The minimum Gasteiger partial charge on any atom is -0.508 e. The van der Waals surface area contributed by atoms with Gasteiger partial charge in [0.25, 0.3) is 0 Å². The summed E-state index contributed by atoms with van der Waals surface area (Å²) in [5.74, 6) is -4.54. The van der Waals surface area contributed by atoms with Crippen molar-refractivity contribution in [3.63, 3.8) is 0 Å². The first-order valence-electron chi connectivity index (χ1n) is 19.5. The number of carbonyl (C=O) groups excluding carboxylic acids is 4. The number of amides is 4. The zero-order valence-corrected chi connectivity index (χ0v) is 34.3. The molecule has 6 atom stereocenters. The van der Waals surface area contributed by atoms with E-state index in [-0.39, 0.29) is 29.0 Å². The smallest absolute Gasteiger partial charge is 0.242 e. The number of fused-ring (bicyclic) bond motifs is 5. The van der Waals surface area contributed by atoms with Crippen LogP contribution in [0, 0.1) is 36.0 Å². The Balaban J connectivity index is 1.04. The largest absolute Gasteiger partial charge is 0.508 e. The fourth-order valence-corrected chi connectivity index (χ4v) is 12.0. The van der Waals surface area contributed by atoms with Gasteiger partial charge in [-0.25, -0.2) is 4.90 Å². The number of aromatic nitrogens is 2. The lowest BCUT2D eigenvalue weighted by molar-refractivity contribution is -0.131. The minimum absolute atomic E-state index is 0.0379. The number of aromatic hydroxyl groups is 1. The van der Waals surface area contributed by atoms with Crippen molar-refractivity contribution < 1.29 is 29.0 Å². The molecule has 296 valence electrons. The number of anilines is 3. The molecule has 2 aliphatic carbocycles. The number of hydrogen-bond donors (Lipinski definition) is 1. The van der Waals surface area contributed by atoms with Gasteiger partial charge in [-0.15, -0.1) is 11.3 Å². The second-order valence-corrected chi connectivity index (χ2v) is 18.1. The molecule has 0 bridgehead atoms. The van der Waals surface area contributed by atoms with Gasteiger partial charge in [0.15, 0.2) is 0 Å². The van der Waals surface area contributed by atoms with Gasteiger partial charge in [0, 0.05) is 52.6 Å². The van der Waals surface area contributed by atoms with Gasteiger partial charge in [-0.3, -0.25) is 28.8 Å². The number of imide groups is 2. The zero-order chi connectivity index (χ0) is 40.4. The molecule has 0 radical (unpaired) electrons. The standard InChI is InChI=1S/C44H39Cl2N5O6S/c1-22-30-18-23(45)4-13-35(30)58-39(22)34-21-36(48(3)47-34)51-41(54)32-20-31-27(38(44(32,2)43(51)56)28-10-9-26(52)19-33(28)46)11-12-29-37(31)42(55)50(40(29)53)25-7-5-24(6-8-25)49-14-16-57-17-15-49/h4-11,13,18-19,21,29,31-32,37-38,52H,12,14-17,20H2,1-3H3/t29-,31+,32-,37-,38+,44+/m0/s1. The number of carbonyl (C=O) groups is 4. The molecule has 0 spiro atoms. The van der Waals surface area contributed by atoms with Crippen LogP contribution in [0.1, 0.15) is 36.8 Å². The van der Waals surface area contributed by atoms with E-state index in [0.717, 1.165) is 44.9 Å². The van der Waals surface area contributed by atoms with Gasteiger partial charge < -0.3 is 14.7 Å². The normalized spacial score (nSPS) is 27.0. The zero-order valence-electron chi connectivity index (χ0n) is 31.9. The Morgan fingerprint density at radius 2 is 1.62 bits per heavy atom. The van der Waals surface area contributed by atoms with Crippen LogP contribution in [0.5, 0.6) is 5.75 Å². The molecule has 1 saturated carbocycles. The monoisotopic (exact) mass is 835 g/mol. The first-order chi connectivity index (χ1) is 27.9. The number of ether oxygens (including phenoxy) is 1. The molecular weight excluding hydrogens is 797 g/mol. The third-order valence-corrected chi connectivity index (χ3v) is 15.1. The highest BCUT2D eigenvalue weighted by atomic mass is 35.5. The summed E-state index contributed by atoms with van der Waals surface area (Å²) in [7, 11) is 1.72. The number of phenolic OH excluding ortho intramolecular Hbond substituents is 1. The lowest BCUT2D eigenvalue weighted by Crippen LogP contribution is -2.49. The summed E-state index contributed by atoms with van der Waals surface area (Å²) < 4.78 is 8.11. The highest BCUT2D eigenvalue weighted by molar-refractivity contribution is 7.22. The van der Waals surface area contributed by atoms with Crippen molar-refractivity contribution in [2.75, 3.05) is 41.0 Å². The summed E-state index contributed by atoms with van der Waals surface area (Å²) >= 11 is 14.8. The van der Waals surface area contributed by atoms with Crippen molar-refractivity contribution in [2.24, 2.45) is 36.1 Å². The number of allylic oxidation sites excluding steroid dienone is 2. The summed E-state index contributed by atoms with van der Waals surface area (Å²) in [5.41, 5.74) is 3.18. The molecule has 5 aromatic rings. The Morgan fingerprint density at radius 1 is 0.879 bits per heavy atom. The van der Waals surface area contributed by atoms with Crippen molar-refractivity contribution >= 4 is 85.4 Å². The van der Waals surface area contributed by atoms with Crippen LogP contribution in [0.3, 0.4) is 0 Å². The summed E-state index contributed by atoms with van der Waals surface area (Å²) in [6.45, 7) is 6.62. The molecular formula is C44H39Cl2N5O6S. The number of rotatable bonds is 5. The molecule has 3 aromatic carbocycles. The average molecular weight is 837 g/mol. The van der Waals surface area contributed by atoms with Gasteiger partial charge in [-0.1, -0.05) is 40.9 Å². The Kier molecular flexibility index (Phi) is 8.69. The first-order valence-corrected chi connectivity index (χ1v) is 21.0. The SMILES string of the molecule is Cc1c(-c2cc(N3C(=O)[C@@H]4C[C@@H]5C(=CC[C@@H]6C(=O)N(c7ccc(N8CCOCC8)cc7)C(=O)[C@@H]65)[C@H](c5ccc(O)cc5Cl)[C@]4(C)C3=O)n(C)n2)sc2ccc(Cl)cc12. The fourth-order valence-electron chi connectivity index (χ4n) is 10.4. The summed E-state index contributed by atoms with van der Waals surface area (Å²) in [6, 6.07) is 19.7. The van der Waals surface area contributed by atoms with E-state index in [0.29, 0.717) is 47.4 Å². The second kappa shape index (κ2) is 13.5. The van der Waals surface area contributed by atoms with E-state index in [4.69, 9.17) is 33.0 Å². The van der Waals surface area contributed by atoms with Gasteiger partial charge in [0.2, 0.25) is 23.6 Å². The van der Waals surface area contributed by atoms with Crippen LogP contribution in [0.25, 0.3) is 20.7 Å². The quantitative estimate of drug-likeness (QED) is 0.140. The number of morpholine rings is 1. The molecule has 4 fully saturated rings. The third kappa shape index (κ3) is 5.37. The lowest BCUT2D eigenvalue weighted by Gasteiger charge is -2.49. The topological polar surface area (TPSA) is 125 Å². The molecule has 14 heteroatoms. The van der Waals surface area contributed by atoms with Crippen molar-refractivity contribution in [1.82, 2.24) is 9.78 Å². The Bertz CT molecular complexity index is 2630. The lowest BCUT2D eigenvalue weighted by atomic mass is 9.51. The van der Waals surface area contributed by atoms with E-state index in [1.54, 1.807) is 35.2 Å². The van der Waals surface area contributed by atoms with Crippen LogP contribution in [-0.4, -0.2) is 64.8 Å². The van der Waals surface area contributed by atoms with E-state index in [1.165, 1.54) is 21.9 Å². The predicted molar refractivity (Wildman–Crippen MR) is 223 cm³/mol. The Labute approximate surface area is 348 Å². The maximum absolute atomic E-state index is 15.2. The highest BCUT2D eigenvalue weighted by Crippen LogP contribution is 2.64. The number of benzene rings is 3. The molecule has 4 amide bonds. The maximum atomic E-state index is 15.2. The molecule has 1 N–H and O–H groups in total. The first kappa shape index (κ1) is 37.3. The van der Waals surface area contributed by atoms with Crippen molar-refractivity contribution in [1.29, 1.82) is 0 Å². The molecule has 3 saturated heterocycles. The van der Waals surface area contributed by atoms with E-state index in [9.17, 15) is 19.5 Å². The second-order valence-electron chi connectivity index (χ2n) is 16.2. The van der Waals surface area contributed by atoms with Crippen molar-refractivity contribution in [2.45, 2.75) is 32.6 Å². The summed E-state index contributed by atoms with van der Waals surface area (Å²) in [5, 5.41) is 17.1. The number of hydrogen-bond acceptors (Lipinski definition) is 9. The predicted octanol–water partition coefficient (Wildman–Crippen LogP) is 7.89. The maximum Gasteiger partial charge on any atom is 0.242 e. The third-order valence-electron chi connectivity index (χ3n) is 13.3. The summed E-state index contributed by atoms with van der Waals surface area (Å²) in [6.07, 6.45) is 2.49. The van der Waals surface area contributed by atoms with Crippen LogP contribution < -0.4 is 14.7 Å². The fraction of sp³-hybridized carbons (Fsp3) is 0.341. The van der Waals surface area contributed by atoms with Crippen LogP contribution in [0.2, 0.25) is 10.0 Å². The van der Waals surface area contributed by atoms with Crippen molar-refractivity contribution in [3.05, 3.63) is 99.6 Å². The van der Waals surface area contributed by atoms with Crippen LogP contribution in [0.15, 0.2) is 78.4 Å². The molecule has 5 aliphatic rings. The van der Waals surface area contributed by atoms with Gasteiger partial charge in [-0.05, 0) is 104 Å². The number of thiophene rings is 1. The highest BCUT2D eigenvalue weighted by Gasteiger charge is 2.68. The Morgan fingerprint density at radius 3 is 2.36 bits per heavy atom. The molecule has 5 heterocycles. The van der Waals surface area contributed by atoms with E-state index in [2.05, 4.69) is 4.90 Å². The molecule has 2 aromatic heterocycles. The molecule has 58 heavy (non-hydrogen) atoms. The van der Waals surface area contributed by atoms with Gasteiger partial charge >= 0.3 is 0 Å². The van der Waals surface area contributed by atoms with Crippen molar-refractivity contribution in [3.8, 4) is 16.3 Å². The molecule has 11 nitrogen and oxygen atoms in total. The molecule has 10 rings (SSSR count). The molecule has 0 unspecified atom stereocenters. The van der Waals surface area contributed by atoms with E-state index in [1.807, 2.05) is 62.4 Å². The number of halogens is 2. The van der Waals surface area contributed by atoms with E-state index >= 15 is 4.79 Å². The Hall–Kier alpha value is -5.01. The summed E-state index contributed by atoms with van der Waals surface area (Å²) in [4.78, 5) is 64.7. The van der Waals surface area contributed by atoms with Crippen LogP contribution in [0.4, 0.5) is 17.2 Å². The van der Waals surface area contributed by atoms with Crippen LogP contribution in [-0.2, 0) is 31.0 Å². The number of nitrogens with zero attached hydrogens (tertiary/aromatic N) is 5. The number of aryl methyl sites for hydroxylation is 2. The molecule has 3 aliphatic heterocycles. The van der Waals surface area contributed by atoms with Gasteiger partial charge in [-0.2, -0.15) is 5.10 Å².